The Kier molecular flexibility index (Phi) is 4.72. The number of fused-ring (bicyclic) bond motifs is 1. The highest BCUT2D eigenvalue weighted by molar-refractivity contribution is 5.84. The van der Waals surface area contributed by atoms with E-state index in [2.05, 4.69) is 20.8 Å². The van der Waals surface area contributed by atoms with Crippen molar-refractivity contribution in [3.63, 3.8) is 0 Å². The molecule has 4 rings (SSSR count). The topological polar surface area (TPSA) is 80.0 Å². The lowest BCUT2D eigenvalue weighted by atomic mass is 9.67. The summed E-state index contributed by atoms with van der Waals surface area (Å²) in [7, 11) is 0. The van der Waals surface area contributed by atoms with E-state index in [1.54, 1.807) is 19.1 Å². The molecule has 2 aliphatic rings. The van der Waals surface area contributed by atoms with Gasteiger partial charge in [0.15, 0.2) is 0 Å². The number of aromatic nitrogens is 2. The molecule has 1 aromatic carbocycles. The molecule has 2 heterocycles. The van der Waals surface area contributed by atoms with Crippen molar-refractivity contribution in [1.82, 2.24) is 20.8 Å². The van der Waals surface area contributed by atoms with Crippen molar-refractivity contribution in [1.29, 1.82) is 0 Å². The zero-order chi connectivity index (χ0) is 19.0. The molecule has 1 amide bonds. The molecule has 1 saturated heterocycles. The van der Waals surface area contributed by atoms with E-state index in [0.29, 0.717) is 28.8 Å². The highest BCUT2D eigenvalue weighted by Gasteiger charge is 2.50. The van der Waals surface area contributed by atoms with Gasteiger partial charge in [-0.1, -0.05) is 18.0 Å². The van der Waals surface area contributed by atoms with E-state index in [4.69, 9.17) is 4.52 Å². The smallest absolute Gasteiger partial charge is 0.249 e. The van der Waals surface area contributed by atoms with Crippen molar-refractivity contribution in [2.45, 2.75) is 45.6 Å². The first-order valence-corrected chi connectivity index (χ1v) is 9.61. The first-order valence-electron chi connectivity index (χ1n) is 9.61. The van der Waals surface area contributed by atoms with Crippen molar-refractivity contribution in [3.8, 4) is 11.4 Å². The normalized spacial score (nSPS) is 25.8. The molecule has 27 heavy (non-hydrogen) atoms. The molecule has 1 unspecified atom stereocenters. The van der Waals surface area contributed by atoms with Crippen LogP contribution in [0.1, 0.15) is 50.1 Å². The van der Waals surface area contributed by atoms with Crippen LogP contribution < -0.4 is 10.6 Å². The average Bonchev–Trinajstić information content (AvgIpc) is 3.31. The lowest BCUT2D eigenvalue weighted by Crippen LogP contribution is -2.48. The van der Waals surface area contributed by atoms with E-state index < -0.39 is 0 Å². The first-order chi connectivity index (χ1) is 13.0. The highest BCUT2D eigenvalue weighted by atomic mass is 19.1. The summed E-state index contributed by atoms with van der Waals surface area (Å²) in [5.41, 5.74) is 0.897. The SMILES string of the molecule is Cc1cc(-c2noc(C(C)NC(=O)[C@@]34CCCC[C@H]3CNC4)n2)ccc1F. The van der Waals surface area contributed by atoms with E-state index in [1.807, 2.05) is 6.92 Å². The second-order valence-electron chi connectivity index (χ2n) is 7.85. The van der Waals surface area contributed by atoms with Gasteiger partial charge in [-0.3, -0.25) is 4.79 Å². The zero-order valence-electron chi connectivity index (χ0n) is 15.7. The molecule has 6 nitrogen and oxygen atoms in total. The monoisotopic (exact) mass is 372 g/mol. The van der Waals surface area contributed by atoms with Gasteiger partial charge in [0, 0.05) is 12.1 Å². The molecule has 0 radical (unpaired) electrons. The van der Waals surface area contributed by atoms with Crippen LogP contribution in [-0.2, 0) is 4.79 Å². The Morgan fingerprint density at radius 3 is 3.11 bits per heavy atom. The molecule has 7 heteroatoms. The lowest BCUT2D eigenvalue weighted by Gasteiger charge is -2.37. The third-order valence-electron chi connectivity index (χ3n) is 6.07. The van der Waals surface area contributed by atoms with Gasteiger partial charge in [0.25, 0.3) is 0 Å². The highest BCUT2D eigenvalue weighted by Crippen LogP contribution is 2.44. The molecular formula is C20H25FN4O2. The third-order valence-corrected chi connectivity index (χ3v) is 6.07. The Bertz CT molecular complexity index is 852. The minimum Gasteiger partial charge on any atom is -0.344 e. The Balaban J connectivity index is 1.49. The number of hydrogen-bond acceptors (Lipinski definition) is 5. The van der Waals surface area contributed by atoms with Crippen molar-refractivity contribution < 1.29 is 13.7 Å². The quantitative estimate of drug-likeness (QED) is 0.862. The largest absolute Gasteiger partial charge is 0.344 e. The van der Waals surface area contributed by atoms with Gasteiger partial charge in [0.1, 0.15) is 11.9 Å². The van der Waals surface area contributed by atoms with Gasteiger partial charge in [-0.05, 0) is 62.9 Å². The van der Waals surface area contributed by atoms with Crippen LogP contribution in [0.4, 0.5) is 4.39 Å². The van der Waals surface area contributed by atoms with Crippen LogP contribution in [0.3, 0.4) is 0 Å². The standard InChI is InChI=1S/C20H25FN4O2/c1-12-9-14(6-7-16(12)21)17-24-18(27-25-17)13(2)23-19(26)20-8-4-3-5-15(20)10-22-11-20/h6-7,9,13,15,22H,3-5,8,10-11H2,1-2H3,(H,23,26)/t13?,15-,20+/m0/s1. The summed E-state index contributed by atoms with van der Waals surface area (Å²) in [6.45, 7) is 5.19. The van der Waals surface area contributed by atoms with Gasteiger partial charge in [-0.2, -0.15) is 4.98 Å². The van der Waals surface area contributed by atoms with Crippen LogP contribution in [0, 0.1) is 24.1 Å². The fraction of sp³-hybridized carbons (Fsp3) is 0.550. The van der Waals surface area contributed by atoms with Gasteiger partial charge in [0.05, 0.1) is 5.41 Å². The molecule has 0 bridgehead atoms. The molecule has 3 atom stereocenters. The van der Waals surface area contributed by atoms with Gasteiger partial charge in [0.2, 0.25) is 17.6 Å². The maximum Gasteiger partial charge on any atom is 0.249 e. The maximum absolute atomic E-state index is 13.5. The van der Waals surface area contributed by atoms with Crippen LogP contribution >= 0.6 is 0 Å². The number of amides is 1. The van der Waals surface area contributed by atoms with Crippen LogP contribution in [0.5, 0.6) is 0 Å². The minimum absolute atomic E-state index is 0.0714. The van der Waals surface area contributed by atoms with Crippen LogP contribution in [-0.4, -0.2) is 29.1 Å². The number of aryl methyl sites for hydroxylation is 1. The van der Waals surface area contributed by atoms with E-state index in [-0.39, 0.29) is 23.2 Å². The van der Waals surface area contributed by atoms with Crippen LogP contribution in [0.2, 0.25) is 0 Å². The van der Waals surface area contributed by atoms with Gasteiger partial charge >= 0.3 is 0 Å². The molecule has 1 aliphatic carbocycles. The number of nitrogens with zero attached hydrogens (tertiary/aromatic N) is 2. The second kappa shape index (κ2) is 7.03. The van der Waals surface area contributed by atoms with Gasteiger partial charge in [-0.25, -0.2) is 4.39 Å². The van der Waals surface area contributed by atoms with Crippen molar-refractivity contribution in [2.75, 3.05) is 13.1 Å². The molecule has 144 valence electrons. The molecule has 0 spiro atoms. The van der Waals surface area contributed by atoms with E-state index >= 15 is 0 Å². The summed E-state index contributed by atoms with van der Waals surface area (Å²) in [6.07, 6.45) is 4.31. The number of carbonyl (C=O) groups excluding carboxylic acids is 1. The number of carbonyl (C=O) groups is 1. The first kappa shape index (κ1) is 18.1. The molecular weight excluding hydrogens is 347 g/mol. The molecule has 1 saturated carbocycles. The molecule has 2 aromatic rings. The van der Waals surface area contributed by atoms with Gasteiger partial charge < -0.3 is 15.2 Å². The number of hydrogen-bond donors (Lipinski definition) is 2. The lowest BCUT2D eigenvalue weighted by molar-refractivity contribution is -0.134. The summed E-state index contributed by atoms with van der Waals surface area (Å²) in [6, 6.07) is 4.32. The van der Waals surface area contributed by atoms with Crippen LogP contribution in [0.25, 0.3) is 11.4 Å². The Labute approximate surface area is 157 Å². The average molecular weight is 372 g/mol. The minimum atomic E-state index is -0.377. The summed E-state index contributed by atoms with van der Waals surface area (Å²) >= 11 is 0. The Hall–Kier alpha value is -2.28. The van der Waals surface area contributed by atoms with E-state index in [1.165, 1.54) is 12.5 Å². The van der Waals surface area contributed by atoms with Crippen molar-refractivity contribution >= 4 is 5.91 Å². The summed E-state index contributed by atoms with van der Waals surface area (Å²) in [4.78, 5) is 17.5. The second-order valence-corrected chi connectivity index (χ2v) is 7.85. The fourth-order valence-electron chi connectivity index (χ4n) is 4.40. The van der Waals surface area contributed by atoms with Crippen molar-refractivity contribution in [3.05, 3.63) is 35.5 Å². The molecule has 1 aromatic heterocycles. The number of benzene rings is 1. The zero-order valence-corrected chi connectivity index (χ0v) is 15.7. The predicted octanol–water partition coefficient (Wildman–Crippen LogP) is 3.14. The molecule has 2 N–H and O–H groups in total. The third kappa shape index (κ3) is 3.25. The van der Waals surface area contributed by atoms with Crippen LogP contribution in [0.15, 0.2) is 22.7 Å². The van der Waals surface area contributed by atoms with E-state index in [0.717, 1.165) is 32.4 Å². The predicted molar refractivity (Wildman–Crippen MR) is 98.2 cm³/mol. The Morgan fingerprint density at radius 2 is 2.30 bits per heavy atom. The summed E-state index contributed by atoms with van der Waals surface area (Å²) in [5, 5.41) is 10.5. The van der Waals surface area contributed by atoms with E-state index in [9.17, 15) is 9.18 Å². The number of halogens is 1. The molecule has 1 aliphatic heterocycles. The number of rotatable bonds is 4. The Morgan fingerprint density at radius 1 is 1.44 bits per heavy atom. The van der Waals surface area contributed by atoms with Gasteiger partial charge in [-0.15, -0.1) is 0 Å². The fourth-order valence-corrected chi connectivity index (χ4v) is 4.40. The summed E-state index contributed by atoms with van der Waals surface area (Å²) in [5.74, 6) is 0.955. The van der Waals surface area contributed by atoms with Crippen molar-refractivity contribution in [2.24, 2.45) is 11.3 Å². The summed E-state index contributed by atoms with van der Waals surface area (Å²) < 4.78 is 18.8. The molecule has 2 fully saturated rings. The maximum atomic E-state index is 13.5. The number of nitrogens with one attached hydrogen (secondary N) is 2.